The van der Waals surface area contributed by atoms with Gasteiger partial charge in [-0.3, -0.25) is 0 Å². The van der Waals surface area contributed by atoms with E-state index >= 15 is 0 Å². The van der Waals surface area contributed by atoms with Gasteiger partial charge in [0.2, 0.25) is 0 Å². The van der Waals surface area contributed by atoms with E-state index in [-0.39, 0.29) is 0 Å². The molecule has 0 radical (unpaired) electrons. The summed E-state index contributed by atoms with van der Waals surface area (Å²) in [6.45, 7) is 2.27. The van der Waals surface area contributed by atoms with Crippen LogP contribution < -0.4 is 5.32 Å². The number of benzene rings is 1. The van der Waals surface area contributed by atoms with Crippen LogP contribution in [-0.2, 0) is 0 Å². The summed E-state index contributed by atoms with van der Waals surface area (Å²) in [6.07, 6.45) is 7.71. The van der Waals surface area contributed by atoms with E-state index < -0.39 is 0 Å². The number of hydrogen-bond acceptors (Lipinski definition) is 2. The Morgan fingerprint density at radius 2 is 1.89 bits per heavy atom. The predicted octanol–water partition coefficient (Wildman–Crippen LogP) is 4.77. The van der Waals surface area contributed by atoms with Crippen molar-refractivity contribution >= 4 is 27.7 Å². The highest BCUT2D eigenvalue weighted by molar-refractivity contribution is 9.10. The normalized spacial score (nSPS) is 25.9. The number of nitrogens with one attached hydrogen (secondary N) is 1. The Hall–Kier alpha value is 0.01000. The molecule has 3 heteroatoms. The van der Waals surface area contributed by atoms with E-state index in [0.29, 0.717) is 12.1 Å². The Morgan fingerprint density at radius 3 is 2.56 bits per heavy atom. The minimum Gasteiger partial charge on any atom is -0.306 e. The zero-order valence-corrected chi connectivity index (χ0v) is 13.6. The first kappa shape index (κ1) is 14.4. The molecule has 0 bridgehead atoms. The standard InChI is InChI=1S/C15H22BrNS/c1-11(12-7-9-13(16)10-8-12)17-14-5-3-4-6-15(14)18-2/h7-11,14-15,17H,3-6H2,1-2H3. The summed E-state index contributed by atoms with van der Waals surface area (Å²) in [4.78, 5) is 0. The molecule has 3 unspecified atom stereocenters. The summed E-state index contributed by atoms with van der Waals surface area (Å²) in [5.74, 6) is 0. The van der Waals surface area contributed by atoms with Crippen molar-refractivity contribution in [2.24, 2.45) is 0 Å². The van der Waals surface area contributed by atoms with Crippen LogP contribution in [0.3, 0.4) is 0 Å². The van der Waals surface area contributed by atoms with Crippen molar-refractivity contribution in [3.05, 3.63) is 34.3 Å². The van der Waals surface area contributed by atoms with Crippen molar-refractivity contribution in [1.29, 1.82) is 0 Å². The fraction of sp³-hybridized carbons (Fsp3) is 0.600. The van der Waals surface area contributed by atoms with Crippen LogP contribution >= 0.6 is 27.7 Å². The number of halogens is 1. The van der Waals surface area contributed by atoms with Crippen LogP contribution in [0.25, 0.3) is 0 Å². The van der Waals surface area contributed by atoms with Gasteiger partial charge in [-0.15, -0.1) is 0 Å². The Balaban J connectivity index is 1.97. The average molecular weight is 328 g/mol. The van der Waals surface area contributed by atoms with Gasteiger partial charge in [0.15, 0.2) is 0 Å². The van der Waals surface area contributed by atoms with Gasteiger partial charge >= 0.3 is 0 Å². The topological polar surface area (TPSA) is 12.0 Å². The fourth-order valence-electron chi connectivity index (χ4n) is 2.74. The fourth-order valence-corrected chi connectivity index (χ4v) is 3.95. The molecule has 1 aliphatic rings. The van der Waals surface area contributed by atoms with Gasteiger partial charge in [-0.25, -0.2) is 0 Å². The van der Waals surface area contributed by atoms with E-state index in [1.807, 2.05) is 11.8 Å². The smallest absolute Gasteiger partial charge is 0.0294 e. The van der Waals surface area contributed by atoms with E-state index in [1.54, 1.807) is 0 Å². The molecule has 0 amide bonds. The lowest BCUT2D eigenvalue weighted by atomic mass is 9.93. The van der Waals surface area contributed by atoms with E-state index in [0.717, 1.165) is 9.72 Å². The van der Waals surface area contributed by atoms with Gasteiger partial charge in [0.05, 0.1) is 0 Å². The van der Waals surface area contributed by atoms with Crippen LogP contribution in [0.5, 0.6) is 0 Å². The first-order chi connectivity index (χ1) is 8.70. The van der Waals surface area contributed by atoms with Crippen LogP contribution in [0, 0.1) is 0 Å². The second-order valence-corrected chi connectivity index (χ2v) is 7.10. The number of hydrogen-bond donors (Lipinski definition) is 1. The lowest BCUT2D eigenvalue weighted by molar-refractivity contribution is 0.356. The minimum atomic E-state index is 0.441. The summed E-state index contributed by atoms with van der Waals surface area (Å²) >= 11 is 5.51. The van der Waals surface area contributed by atoms with Crippen LogP contribution in [-0.4, -0.2) is 17.5 Å². The van der Waals surface area contributed by atoms with Gasteiger partial charge in [0.25, 0.3) is 0 Å². The molecule has 2 rings (SSSR count). The van der Waals surface area contributed by atoms with Gasteiger partial charge in [0.1, 0.15) is 0 Å². The molecule has 0 saturated heterocycles. The number of thioether (sulfide) groups is 1. The Morgan fingerprint density at radius 1 is 1.22 bits per heavy atom. The highest BCUT2D eigenvalue weighted by Crippen LogP contribution is 2.29. The SMILES string of the molecule is CSC1CCCCC1NC(C)c1ccc(Br)cc1. The minimum absolute atomic E-state index is 0.441. The molecular weight excluding hydrogens is 306 g/mol. The van der Waals surface area contributed by atoms with Crippen molar-refractivity contribution in [2.45, 2.75) is 49.9 Å². The van der Waals surface area contributed by atoms with E-state index in [1.165, 1.54) is 31.2 Å². The zero-order valence-electron chi connectivity index (χ0n) is 11.2. The Bertz CT molecular complexity index is 365. The lowest BCUT2D eigenvalue weighted by Crippen LogP contribution is -2.41. The van der Waals surface area contributed by atoms with Crippen molar-refractivity contribution in [2.75, 3.05) is 6.26 Å². The van der Waals surface area contributed by atoms with Gasteiger partial charge in [-0.1, -0.05) is 40.9 Å². The second-order valence-electron chi connectivity index (χ2n) is 5.11. The van der Waals surface area contributed by atoms with Gasteiger partial charge in [-0.05, 0) is 43.7 Å². The maximum absolute atomic E-state index is 3.82. The molecule has 1 aliphatic carbocycles. The molecule has 0 spiro atoms. The van der Waals surface area contributed by atoms with Crippen molar-refractivity contribution < 1.29 is 0 Å². The molecular formula is C15H22BrNS. The Kier molecular flexibility index (Phi) is 5.58. The van der Waals surface area contributed by atoms with Crippen LogP contribution in [0.2, 0.25) is 0 Å². The molecule has 1 saturated carbocycles. The molecule has 1 fully saturated rings. The first-order valence-electron chi connectivity index (χ1n) is 6.75. The summed E-state index contributed by atoms with van der Waals surface area (Å²) in [5.41, 5.74) is 1.38. The summed E-state index contributed by atoms with van der Waals surface area (Å²) < 4.78 is 1.15. The highest BCUT2D eigenvalue weighted by atomic mass is 79.9. The van der Waals surface area contributed by atoms with E-state index in [2.05, 4.69) is 58.7 Å². The molecule has 0 aliphatic heterocycles. The molecule has 0 aromatic heterocycles. The van der Waals surface area contributed by atoms with Crippen molar-refractivity contribution in [1.82, 2.24) is 5.32 Å². The van der Waals surface area contributed by atoms with Gasteiger partial charge in [-0.2, -0.15) is 11.8 Å². The predicted molar refractivity (Wildman–Crippen MR) is 85.3 cm³/mol. The molecule has 100 valence electrons. The average Bonchev–Trinajstić information content (AvgIpc) is 2.40. The third kappa shape index (κ3) is 3.75. The van der Waals surface area contributed by atoms with Gasteiger partial charge in [0, 0.05) is 21.8 Å². The maximum Gasteiger partial charge on any atom is 0.0294 e. The van der Waals surface area contributed by atoms with Crippen LogP contribution in [0.1, 0.15) is 44.2 Å². The van der Waals surface area contributed by atoms with E-state index in [4.69, 9.17) is 0 Å². The number of rotatable bonds is 4. The summed E-state index contributed by atoms with van der Waals surface area (Å²) in [6, 6.07) is 9.78. The molecule has 18 heavy (non-hydrogen) atoms. The third-order valence-electron chi connectivity index (χ3n) is 3.84. The molecule has 1 N–H and O–H groups in total. The van der Waals surface area contributed by atoms with Gasteiger partial charge < -0.3 is 5.32 Å². The molecule has 1 nitrogen and oxygen atoms in total. The Labute approximate surface area is 123 Å². The van der Waals surface area contributed by atoms with Crippen LogP contribution in [0.4, 0.5) is 0 Å². The summed E-state index contributed by atoms with van der Waals surface area (Å²) in [7, 11) is 0. The summed E-state index contributed by atoms with van der Waals surface area (Å²) in [5, 5.41) is 4.61. The van der Waals surface area contributed by atoms with E-state index in [9.17, 15) is 0 Å². The second kappa shape index (κ2) is 6.97. The molecule has 1 aromatic rings. The van der Waals surface area contributed by atoms with Crippen molar-refractivity contribution in [3.63, 3.8) is 0 Å². The highest BCUT2D eigenvalue weighted by Gasteiger charge is 2.25. The maximum atomic E-state index is 3.82. The zero-order chi connectivity index (χ0) is 13.0. The lowest BCUT2D eigenvalue weighted by Gasteiger charge is -2.33. The monoisotopic (exact) mass is 327 g/mol. The quantitative estimate of drug-likeness (QED) is 0.854. The molecule has 1 aromatic carbocycles. The largest absolute Gasteiger partial charge is 0.306 e. The van der Waals surface area contributed by atoms with Crippen LogP contribution in [0.15, 0.2) is 28.7 Å². The van der Waals surface area contributed by atoms with Crippen molar-refractivity contribution in [3.8, 4) is 0 Å². The third-order valence-corrected chi connectivity index (χ3v) is 5.54. The molecule has 0 heterocycles. The molecule has 3 atom stereocenters. The first-order valence-corrected chi connectivity index (χ1v) is 8.83.